The predicted octanol–water partition coefficient (Wildman–Crippen LogP) is 3.08. The van der Waals surface area contributed by atoms with Crippen LogP contribution in [0.5, 0.6) is 0 Å². The molecule has 0 bridgehead atoms. The molecule has 0 saturated heterocycles. The van der Waals surface area contributed by atoms with Crippen LogP contribution in [0.25, 0.3) is 0 Å². The number of hydrogen-bond acceptors (Lipinski definition) is 2. The zero-order valence-electron chi connectivity index (χ0n) is 13.2. The minimum absolute atomic E-state index is 0.473. The van der Waals surface area contributed by atoms with Crippen LogP contribution in [0.15, 0.2) is 6.07 Å². The van der Waals surface area contributed by atoms with Gasteiger partial charge in [0.2, 0.25) is 0 Å². The first-order chi connectivity index (χ1) is 8.94. The van der Waals surface area contributed by atoms with Gasteiger partial charge in [-0.3, -0.25) is 4.68 Å². The van der Waals surface area contributed by atoms with E-state index in [2.05, 4.69) is 51.2 Å². The molecule has 0 amide bonds. The van der Waals surface area contributed by atoms with E-state index in [1.807, 2.05) is 4.68 Å². The average molecular weight is 263 g/mol. The Morgan fingerprint density at radius 3 is 2.74 bits per heavy atom. The molecule has 1 fully saturated rings. The highest BCUT2D eigenvalue weighted by Crippen LogP contribution is 2.44. The van der Waals surface area contributed by atoms with Crippen molar-refractivity contribution in [2.45, 2.75) is 59.4 Å². The van der Waals surface area contributed by atoms with Crippen molar-refractivity contribution >= 4 is 0 Å². The van der Waals surface area contributed by atoms with E-state index in [0.29, 0.717) is 11.5 Å². The minimum atomic E-state index is 0.473. The van der Waals surface area contributed by atoms with Crippen LogP contribution in [0, 0.1) is 18.3 Å². The summed E-state index contributed by atoms with van der Waals surface area (Å²) in [5, 5.41) is 8.20. The summed E-state index contributed by atoms with van der Waals surface area (Å²) in [6.07, 6.45) is 5.20. The van der Waals surface area contributed by atoms with Gasteiger partial charge in [-0.05, 0) is 43.7 Å². The highest BCUT2D eigenvalue weighted by atomic mass is 15.3. The number of hydrogen-bond donors (Lipinski definition) is 1. The topological polar surface area (TPSA) is 29.9 Å². The molecule has 1 aliphatic rings. The summed E-state index contributed by atoms with van der Waals surface area (Å²) in [5.74, 6) is 0.780. The first kappa shape index (κ1) is 14.6. The summed E-state index contributed by atoms with van der Waals surface area (Å²) < 4.78 is 2.04. The van der Waals surface area contributed by atoms with E-state index < -0.39 is 0 Å². The van der Waals surface area contributed by atoms with Crippen molar-refractivity contribution in [3.63, 3.8) is 0 Å². The summed E-state index contributed by atoms with van der Waals surface area (Å²) in [6.45, 7) is 10.2. The second kappa shape index (κ2) is 5.66. The molecule has 2 atom stereocenters. The van der Waals surface area contributed by atoms with Crippen molar-refractivity contribution < 1.29 is 0 Å². The number of aromatic nitrogens is 2. The summed E-state index contributed by atoms with van der Waals surface area (Å²) in [5.41, 5.74) is 2.95. The number of rotatable bonds is 5. The van der Waals surface area contributed by atoms with Crippen LogP contribution in [0.4, 0.5) is 0 Å². The minimum Gasteiger partial charge on any atom is -0.314 e. The molecule has 3 nitrogen and oxygen atoms in total. The lowest BCUT2D eigenvalue weighted by atomic mass is 9.76. The molecule has 1 aliphatic carbocycles. The van der Waals surface area contributed by atoms with Gasteiger partial charge in [-0.15, -0.1) is 0 Å². The van der Waals surface area contributed by atoms with E-state index >= 15 is 0 Å². The maximum Gasteiger partial charge on any atom is 0.0596 e. The molecule has 1 heterocycles. The first-order valence-electron chi connectivity index (χ1n) is 7.67. The molecule has 0 aliphatic heterocycles. The molecular weight excluding hydrogens is 234 g/mol. The van der Waals surface area contributed by atoms with Gasteiger partial charge >= 0.3 is 0 Å². The monoisotopic (exact) mass is 263 g/mol. The molecule has 3 heteroatoms. The molecule has 0 aromatic carbocycles. The Kier molecular flexibility index (Phi) is 4.34. The van der Waals surface area contributed by atoms with Gasteiger partial charge in [0.25, 0.3) is 0 Å². The lowest BCUT2D eigenvalue weighted by Gasteiger charge is -2.34. The Hall–Kier alpha value is -0.830. The fourth-order valence-corrected chi connectivity index (χ4v) is 3.80. The van der Waals surface area contributed by atoms with E-state index in [-0.39, 0.29) is 0 Å². The summed E-state index contributed by atoms with van der Waals surface area (Å²) in [6, 6.07) is 2.81. The third kappa shape index (κ3) is 3.19. The maximum absolute atomic E-state index is 4.48. The van der Waals surface area contributed by atoms with Gasteiger partial charge in [-0.25, -0.2) is 0 Å². The van der Waals surface area contributed by atoms with Crippen LogP contribution in [0.3, 0.4) is 0 Å². The fourth-order valence-electron chi connectivity index (χ4n) is 3.80. The molecule has 1 aromatic rings. The van der Waals surface area contributed by atoms with Crippen LogP contribution >= 0.6 is 0 Å². The number of likely N-dealkylation sites (N-methyl/N-ethyl adjacent to an activating group) is 1. The average Bonchev–Trinajstić information content (AvgIpc) is 2.81. The van der Waals surface area contributed by atoms with Gasteiger partial charge in [0.1, 0.15) is 0 Å². The SMILES string of the molecule is CCNC(Cc1cc(C)nn1C)C1CCCC1(C)C. The van der Waals surface area contributed by atoms with Crippen molar-refractivity contribution in [2.75, 3.05) is 6.54 Å². The standard InChI is InChI=1S/C16H29N3/c1-6-17-15(14-8-7-9-16(14,3)4)11-13-10-12(2)18-19(13)5/h10,14-15,17H,6-9,11H2,1-5H3. The molecule has 2 unspecified atom stereocenters. The van der Waals surface area contributed by atoms with Gasteiger partial charge in [-0.2, -0.15) is 5.10 Å². The highest BCUT2D eigenvalue weighted by Gasteiger charge is 2.39. The van der Waals surface area contributed by atoms with Crippen molar-refractivity contribution in [1.82, 2.24) is 15.1 Å². The normalized spacial score (nSPS) is 23.7. The number of nitrogens with one attached hydrogen (secondary N) is 1. The van der Waals surface area contributed by atoms with Crippen LogP contribution in [0.2, 0.25) is 0 Å². The smallest absolute Gasteiger partial charge is 0.0596 e. The third-order valence-corrected chi connectivity index (χ3v) is 4.82. The fraction of sp³-hybridized carbons (Fsp3) is 0.812. The predicted molar refractivity (Wildman–Crippen MR) is 80.2 cm³/mol. The molecule has 1 N–H and O–H groups in total. The molecule has 108 valence electrons. The van der Waals surface area contributed by atoms with E-state index in [1.54, 1.807) is 0 Å². The lowest BCUT2D eigenvalue weighted by molar-refractivity contribution is 0.195. The Morgan fingerprint density at radius 2 is 2.26 bits per heavy atom. The van der Waals surface area contributed by atoms with Gasteiger partial charge < -0.3 is 5.32 Å². The highest BCUT2D eigenvalue weighted by molar-refractivity contribution is 5.11. The Balaban J connectivity index is 2.14. The number of aryl methyl sites for hydroxylation is 2. The molecular formula is C16H29N3. The molecule has 2 rings (SSSR count). The Labute approximate surface area is 117 Å². The lowest BCUT2D eigenvalue weighted by Crippen LogP contribution is -2.42. The second-order valence-electron chi connectivity index (χ2n) is 6.76. The van der Waals surface area contributed by atoms with Crippen LogP contribution in [-0.2, 0) is 13.5 Å². The largest absolute Gasteiger partial charge is 0.314 e. The number of nitrogens with zero attached hydrogens (tertiary/aromatic N) is 2. The van der Waals surface area contributed by atoms with E-state index in [9.17, 15) is 0 Å². The van der Waals surface area contributed by atoms with Gasteiger partial charge in [0.05, 0.1) is 5.69 Å². The van der Waals surface area contributed by atoms with E-state index in [0.717, 1.165) is 24.6 Å². The third-order valence-electron chi connectivity index (χ3n) is 4.82. The molecule has 0 radical (unpaired) electrons. The maximum atomic E-state index is 4.48. The van der Waals surface area contributed by atoms with Gasteiger partial charge in [-0.1, -0.05) is 27.2 Å². The van der Waals surface area contributed by atoms with Crippen LogP contribution in [-0.4, -0.2) is 22.4 Å². The molecule has 1 aromatic heterocycles. The van der Waals surface area contributed by atoms with Crippen LogP contribution < -0.4 is 5.32 Å². The second-order valence-corrected chi connectivity index (χ2v) is 6.76. The zero-order valence-corrected chi connectivity index (χ0v) is 13.2. The summed E-state index contributed by atoms with van der Waals surface area (Å²) >= 11 is 0. The molecule has 19 heavy (non-hydrogen) atoms. The Morgan fingerprint density at radius 1 is 1.53 bits per heavy atom. The summed E-state index contributed by atoms with van der Waals surface area (Å²) in [7, 11) is 2.06. The van der Waals surface area contributed by atoms with Crippen molar-refractivity contribution in [2.24, 2.45) is 18.4 Å². The van der Waals surface area contributed by atoms with Crippen molar-refractivity contribution in [3.8, 4) is 0 Å². The van der Waals surface area contributed by atoms with Crippen LogP contribution in [0.1, 0.15) is 51.4 Å². The Bertz CT molecular complexity index is 420. The first-order valence-corrected chi connectivity index (χ1v) is 7.67. The summed E-state index contributed by atoms with van der Waals surface area (Å²) in [4.78, 5) is 0. The zero-order chi connectivity index (χ0) is 14.0. The van der Waals surface area contributed by atoms with Gasteiger partial charge in [0.15, 0.2) is 0 Å². The van der Waals surface area contributed by atoms with Crippen molar-refractivity contribution in [1.29, 1.82) is 0 Å². The van der Waals surface area contributed by atoms with E-state index in [1.165, 1.54) is 25.0 Å². The van der Waals surface area contributed by atoms with Gasteiger partial charge in [0, 0.05) is 25.2 Å². The van der Waals surface area contributed by atoms with Crippen molar-refractivity contribution in [3.05, 3.63) is 17.5 Å². The molecule has 1 saturated carbocycles. The van der Waals surface area contributed by atoms with E-state index in [4.69, 9.17) is 0 Å². The quantitative estimate of drug-likeness (QED) is 0.885. The molecule has 0 spiro atoms.